The summed E-state index contributed by atoms with van der Waals surface area (Å²) in [6.45, 7) is 2.79. The third kappa shape index (κ3) is 5.34. The first kappa shape index (κ1) is 27.5. The molecule has 3 aromatic heterocycles. The minimum atomic E-state index is -0.731. The second-order valence-corrected chi connectivity index (χ2v) is 10.9. The zero-order chi connectivity index (χ0) is 27.6. The highest BCUT2D eigenvalue weighted by Crippen LogP contribution is 2.34. The summed E-state index contributed by atoms with van der Waals surface area (Å²) < 4.78 is 16.3. The molecular formula is C25H27N3O8S2. The monoisotopic (exact) mass is 561 g/mol. The number of hydrogen-bond donors (Lipinski definition) is 1. The predicted octanol–water partition coefficient (Wildman–Crippen LogP) is 3.84. The lowest BCUT2D eigenvalue weighted by Crippen LogP contribution is -2.28. The van der Waals surface area contributed by atoms with E-state index >= 15 is 0 Å². The van der Waals surface area contributed by atoms with Gasteiger partial charge in [-0.3, -0.25) is 14.2 Å². The highest BCUT2D eigenvalue weighted by Gasteiger charge is 2.28. The second-order valence-electron chi connectivity index (χ2n) is 8.87. The van der Waals surface area contributed by atoms with Crippen LogP contribution in [0.3, 0.4) is 0 Å². The highest BCUT2D eigenvalue weighted by atomic mass is 32.1. The highest BCUT2D eigenvalue weighted by molar-refractivity contribution is 7.20. The van der Waals surface area contributed by atoms with Crippen molar-refractivity contribution in [1.29, 1.82) is 0 Å². The molecule has 202 valence electrons. The summed E-state index contributed by atoms with van der Waals surface area (Å²) in [6.07, 6.45) is 5.95. The maximum atomic E-state index is 13.2. The van der Waals surface area contributed by atoms with Crippen LogP contribution in [0.4, 0.5) is 5.00 Å². The van der Waals surface area contributed by atoms with Gasteiger partial charge in [-0.05, 0) is 50.7 Å². The van der Waals surface area contributed by atoms with Crippen LogP contribution in [0, 0.1) is 13.8 Å². The van der Waals surface area contributed by atoms with Crippen LogP contribution in [-0.2, 0) is 25.5 Å². The number of anilines is 1. The van der Waals surface area contributed by atoms with Crippen LogP contribution in [0.1, 0.15) is 72.9 Å². The Morgan fingerprint density at radius 2 is 1.63 bits per heavy atom. The number of esters is 3. The van der Waals surface area contributed by atoms with Crippen LogP contribution < -0.4 is 10.9 Å². The van der Waals surface area contributed by atoms with E-state index in [2.05, 4.69) is 10.3 Å². The van der Waals surface area contributed by atoms with Gasteiger partial charge in [0.1, 0.15) is 32.2 Å². The maximum Gasteiger partial charge on any atom is 0.348 e. The molecule has 13 heteroatoms. The van der Waals surface area contributed by atoms with Gasteiger partial charge in [-0.2, -0.15) is 0 Å². The van der Waals surface area contributed by atoms with E-state index < -0.39 is 35.9 Å². The Hall–Kier alpha value is -3.58. The van der Waals surface area contributed by atoms with Gasteiger partial charge in [-0.25, -0.2) is 19.4 Å². The number of amides is 1. The first-order valence-corrected chi connectivity index (χ1v) is 13.6. The van der Waals surface area contributed by atoms with Crippen molar-refractivity contribution in [2.75, 3.05) is 19.5 Å². The van der Waals surface area contributed by atoms with Crippen LogP contribution in [0.15, 0.2) is 11.1 Å². The summed E-state index contributed by atoms with van der Waals surface area (Å²) in [5.41, 5.74) is 0.317. The first-order chi connectivity index (χ1) is 18.2. The summed E-state index contributed by atoms with van der Waals surface area (Å²) in [4.78, 5) is 68.5. The van der Waals surface area contributed by atoms with Crippen molar-refractivity contribution in [2.24, 2.45) is 0 Å². The van der Waals surface area contributed by atoms with E-state index in [4.69, 9.17) is 14.2 Å². The van der Waals surface area contributed by atoms with Crippen molar-refractivity contribution in [3.8, 4) is 0 Å². The van der Waals surface area contributed by atoms with Crippen molar-refractivity contribution in [3.63, 3.8) is 0 Å². The number of aryl methyl sites for hydroxylation is 1. The van der Waals surface area contributed by atoms with Gasteiger partial charge in [0, 0.05) is 0 Å². The number of thiophene rings is 2. The van der Waals surface area contributed by atoms with E-state index in [-0.39, 0.29) is 26.9 Å². The molecule has 3 aromatic rings. The number of methoxy groups -OCH3 is 2. The van der Waals surface area contributed by atoms with E-state index in [0.717, 1.165) is 59.3 Å². The number of fused-ring (bicyclic) bond motifs is 1. The topological polar surface area (TPSA) is 143 Å². The van der Waals surface area contributed by atoms with Gasteiger partial charge in [-0.15, -0.1) is 22.7 Å². The number of carbonyl (C=O) groups is 4. The number of nitrogens with one attached hydrogen (secondary N) is 1. The van der Waals surface area contributed by atoms with E-state index in [1.807, 2.05) is 0 Å². The third-order valence-electron chi connectivity index (χ3n) is 6.40. The fourth-order valence-electron chi connectivity index (χ4n) is 4.41. The van der Waals surface area contributed by atoms with Crippen LogP contribution in [0.2, 0.25) is 0 Å². The average Bonchev–Trinajstić information content (AvgIpc) is 3.42. The Bertz CT molecular complexity index is 1480. The summed E-state index contributed by atoms with van der Waals surface area (Å²) in [5, 5.41) is 2.93. The van der Waals surface area contributed by atoms with Crippen molar-refractivity contribution >= 4 is 61.7 Å². The molecule has 0 atom stereocenters. The van der Waals surface area contributed by atoms with E-state index in [0.29, 0.717) is 20.8 Å². The summed E-state index contributed by atoms with van der Waals surface area (Å²) in [5.74, 6) is -2.48. The maximum absolute atomic E-state index is 13.2. The first-order valence-electron chi connectivity index (χ1n) is 12.0. The van der Waals surface area contributed by atoms with Crippen molar-refractivity contribution in [2.45, 2.75) is 58.6 Å². The Balaban J connectivity index is 1.57. The Morgan fingerprint density at radius 1 is 0.974 bits per heavy atom. The van der Waals surface area contributed by atoms with Gasteiger partial charge < -0.3 is 19.5 Å². The molecule has 0 radical (unpaired) electrons. The molecule has 0 spiro atoms. The van der Waals surface area contributed by atoms with Crippen molar-refractivity contribution in [3.05, 3.63) is 43.1 Å². The number of aromatic nitrogens is 2. The molecule has 1 aliphatic carbocycles. The van der Waals surface area contributed by atoms with Gasteiger partial charge in [0.05, 0.1) is 31.5 Å². The average molecular weight is 562 g/mol. The molecule has 0 unspecified atom stereocenters. The molecule has 0 saturated heterocycles. The van der Waals surface area contributed by atoms with Gasteiger partial charge in [0.2, 0.25) is 5.91 Å². The Kier molecular flexibility index (Phi) is 8.26. The third-order valence-corrected chi connectivity index (χ3v) is 8.77. The zero-order valence-corrected chi connectivity index (χ0v) is 23.0. The number of carbonyl (C=O) groups excluding carboxylic acids is 4. The molecule has 1 amide bonds. The van der Waals surface area contributed by atoms with Gasteiger partial charge in [0.25, 0.3) is 5.56 Å². The predicted molar refractivity (Wildman–Crippen MR) is 141 cm³/mol. The zero-order valence-electron chi connectivity index (χ0n) is 21.4. The molecule has 38 heavy (non-hydrogen) atoms. The van der Waals surface area contributed by atoms with E-state index in [9.17, 15) is 24.0 Å². The minimum absolute atomic E-state index is 0.0296. The van der Waals surface area contributed by atoms with Crippen molar-refractivity contribution < 1.29 is 33.4 Å². The SMILES string of the molecule is COC(=O)c1sc(NC(=O)Cn2cnc3sc(C(=O)OC4CCCCC4)c(C)c3c2=O)c(C(=O)OC)c1C. The van der Waals surface area contributed by atoms with Crippen LogP contribution >= 0.6 is 22.7 Å². The van der Waals surface area contributed by atoms with Gasteiger partial charge in [-0.1, -0.05) is 6.42 Å². The lowest BCUT2D eigenvalue weighted by atomic mass is 9.98. The molecule has 1 N–H and O–H groups in total. The second kappa shape index (κ2) is 11.4. The Morgan fingerprint density at radius 3 is 2.29 bits per heavy atom. The van der Waals surface area contributed by atoms with Crippen LogP contribution in [-0.4, -0.2) is 53.7 Å². The standard InChI is InChI=1S/C25H27N3O8S2/c1-12-16-20(37-19(12)25(33)36-14-8-6-5-7-9-14)26-11-28(22(16)30)10-15(29)27-21-17(23(31)34-3)13(2)18(38-21)24(32)35-4/h11,14H,5-10H2,1-4H3,(H,27,29). The molecule has 1 fully saturated rings. The lowest BCUT2D eigenvalue weighted by Gasteiger charge is -2.21. The van der Waals surface area contributed by atoms with Crippen LogP contribution in [0.5, 0.6) is 0 Å². The molecule has 4 rings (SSSR count). The normalized spacial score (nSPS) is 13.8. The fourth-order valence-corrected chi connectivity index (χ4v) is 6.56. The molecule has 3 heterocycles. The minimum Gasteiger partial charge on any atom is -0.465 e. The smallest absolute Gasteiger partial charge is 0.348 e. The van der Waals surface area contributed by atoms with E-state index in [1.54, 1.807) is 13.8 Å². The molecule has 1 aliphatic rings. The number of rotatable bonds is 7. The summed E-state index contributed by atoms with van der Waals surface area (Å²) >= 11 is 1.96. The fraction of sp³-hybridized carbons (Fsp3) is 0.440. The summed E-state index contributed by atoms with van der Waals surface area (Å²) in [6, 6.07) is 0. The molecule has 0 bridgehead atoms. The number of nitrogens with zero attached hydrogens (tertiary/aromatic N) is 2. The molecule has 1 saturated carbocycles. The number of hydrogen-bond acceptors (Lipinski definition) is 11. The molecule has 0 aliphatic heterocycles. The quantitative estimate of drug-likeness (QED) is 0.336. The van der Waals surface area contributed by atoms with Crippen molar-refractivity contribution in [1.82, 2.24) is 9.55 Å². The summed E-state index contributed by atoms with van der Waals surface area (Å²) in [7, 11) is 2.40. The van der Waals surface area contributed by atoms with Gasteiger partial charge >= 0.3 is 17.9 Å². The molecule has 11 nitrogen and oxygen atoms in total. The molecular weight excluding hydrogens is 534 g/mol. The number of ether oxygens (including phenoxy) is 3. The molecule has 0 aromatic carbocycles. The van der Waals surface area contributed by atoms with Crippen LogP contribution in [0.25, 0.3) is 10.2 Å². The largest absolute Gasteiger partial charge is 0.465 e. The van der Waals surface area contributed by atoms with Gasteiger partial charge in [0.15, 0.2) is 0 Å². The van der Waals surface area contributed by atoms with E-state index in [1.165, 1.54) is 20.5 Å². The Labute approximate surface area is 225 Å². The lowest BCUT2D eigenvalue weighted by molar-refractivity contribution is -0.116.